The summed E-state index contributed by atoms with van der Waals surface area (Å²) in [6.07, 6.45) is 1.48. The Kier molecular flexibility index (Phi) is 35.5. The van der Waals surface area contributed by atoms with Gasteiger partial charge in [-0.1, -0.05) is 90.6 Å². The highest BCUT2D eigenvalue weighted by molar-refractivity contribution is 5.99. The van der Waals surface area contributed by atoms with Gasteiger partial charge in [-0.25, -0.2) is 0 Å². The van der Waals surface area contributed by atoms with Crippen LogP contribution in [0.15, 0.2) is 30.3 Å². The van der Waals surface area contributed by atoms with Gasteiger partial charge in [0.2, 0.25) is 41.4 Å². The van der Waals surface area contributed by atoms with Crippen LogP contribution in [0.5, 0.6) is 0 Å². The summed E-state index contributed by atoms with van der Waals surface area (Å²) < 4.78 is 0. The normalized spacial score (nSPS) is 22.6. The lowest BCUT2D eigenvalue weighted by Gasteiger charge is -2.27. The first-order chi connectivity index (χ1) is 39.9. The summed E-state index contributed by atoms with van der Waals surface area (Å²) in [5.74, 6) is -12.6. The summed E-state index contributed by atoms with van der Waals surface area (Å²) in [7, 11) is 0. The zero-order valence-electron chi connectivity index (χ0n) is 50.6. The highest BCUT2D eigenvalue weighted by atomic mass is 16.3. The van der Waals surface area contributed by atoms with Crippen molar-refractivity contribution in [3.05, 3.63) is 35.9 Å². The molecule has 2 rings (SSSR count). The van der Waals surface area contributed by atoms with Crippen LogP contribution in [0.1, 0.15) is 156 Å². The van der Waals surface area contributed by atoms with E-state index in [0.717, 1.165) is 25.7 Å². The fourth-order valence-corrected chi connectivity index (χ4v) is 10.1. The molecule has 1 saturated heterocycles. The van der Waals surface area contributed by atoms with E-state index in [4.69, 9.17) is 22.9 Å². The Morgan fingerprint density at radius 1 is 0.619 bits per heavy atom. The quantitative estimate of drug-likeness (QED) is 0.0441. The summed E-state index contributed by atoms with van der Waals surface area (Å²) in [4.78, 5) is 155. The largest absolute Gasteiger partial charge is 0.396 e. The number of rotatable bonds is 31. The van der Waals surface area contributed by atoms with Gasteiger partial charge in [0.25, 0.3) is 0 Å². The van der Waals surface area contributed by atoms with Gasteiger partial charge in [0.15, 0.2) is 17.3 Å². The Labute approximate surface area is 496 Å². The fraction of sp³-hybridized carbons (Fsp3) is 0.717. The smallest absolute Gasteiger partial charge is 0.243 e. The van der Waals surface area contributed by atoms with Gasteiger partial charge in [0.05, 0.1) is 30.7 Å². The molecule has 1 aromatic carbocycles. The van der Waals surface area contributed by atoms with Crippen molar-refractivity contribution in [2.75, 3.05) is 39.3 Å². The number of amides is 7. The number of carbonyl (C=O) groups is 11. The number of aliphatic hydroxyl groups is 2. The second-order valence-electron chi connectivity index (χ2n) is 23.3. The molecular weight excluding hydrogens is 1080 g/mol. The van der Waals surface area contributed by atoms with Crippen LogP contribution in [-0.2, 0) is 59.2 Å². The van der Waals surface area contributed by atoms with Crippen molar-refractivity contribution in [1.29, 1.82) is 0 Å². The van der Waals surface area contributed by atoms with Gasteiger partial charge in [-0.3, -0.25) is 52.7 Å². The predicted molar refractivity (Wildman–Crippen MR) is 318 cm³/mol. The number of nitrogens with one attached hydrogen (secondary N) is 7. The standard InChI is InChI=1S/C60H101N11O13/c1-7-8-9-10-14-17-44(74)31-40(18-23-61)55(79)71-53(38(6)73)52(77)34-43(35-72)57(81)68-47-22-27-65-58(82)48(28-36(2)3)69-54(78)41(19-24-62)32-50(75)45(20-25-63)67-60(84)49(29-37(4)5)70-56(80)42(30-39-15-12-11-13-16-39)33-51(76)46(21-26-64)66-59(47)83/h11-13,15-16,36-38,40-43,45-49,53,72-73H,7-10,14,17-35,61-64H2,1-6H3,(H,65,82)(H,66,83)(H,67,84)(H,68,81)(H,69,78)(H,70,80)(H,71,79)/t38-,40-,41-,42+,43+,45+,46+,47+,48+,49+,53+/m1/s1. The van der Waals surface area contributed by atoms with Crippen molar-refractivity contribution in [3.63, 3.8) is 0 Å². The number of carbonyl (C=O) groups excluding carboxylic acids is 11. The molecule has 1 fully saturated rings. The highest BCUT2D eigenvalue weighted by Crippen LogP contribution is 2.21. The van der Waals surface area contributed by atoms with Crippen molar-refractivity contribution in [2.45, 2.75) is 199 Å². The van der Waals surface area contributed by atoms with Gasteiger partial charge in [0.1, 0.15) is 30.0 Å². The van der Waals surface area contributed by atoms with Crippen molar-refractivity contribution in [3.8, 4) is 0 Å². The Bertz CT molecular complexity index is 2270. The summed E-state index contributed by atoms with van der Waals surface area (Å²) >= 11 is 0. The first kappa shape index (κ1) is 74.1. The number of benzene rings is 1. The van der Waals surface area contributed by atoms with Gasteiger partial charge >= 0.3 is 0 Å². The van der Waals surface area contributed by atoms with E-state index in [1.54, 1.807) is 30.3 Å². The number of hydrogen-bond acceptors (Lipinski definition) is 17. The van der Waals surface area contributed by atoms with E-state index in [0.29, 0.717) is 12.0 Å². The molecule has 0 bridgehead atoms. The van der Waals surface area contributed by atoms with E-state index in [1.165, 1.54) is 6.92 Å². The molecule has 1 aliphatic rings. The molecule has 84 heavy (non-hydrogen) atoms. The number of ketones is 4. The summed E-state index contributed by atoms with van der Waals surface area (Å²) in [5.41, 5.74) is 24.3. The van der Waals surface area contributed by atoms with Crippen molar-refractivity contribution in [2.24, 2.45) is 58.4 Å². The van der Waals surface area contributed by atoms with Crippen LogP contribution in [0.4, 0.5) is 0 Å². The molecule has 0 spiro atoms. The maximum absolute atomic E-state index is 14.6. The van der Waals surface area contributed by atoms with Crippen molar-refractivity contribution in [1.82, 2.24) is 37.2 Å². The highest BCUT2D eigenvalue weighted by Gasteiger charge is 2.37. The number of nitrogens with two attached hydrogens (primary N) is 4. The fourth-order valence-electron chi connectivity index (χ4n) is 10.1. The van der Waals surface area contributed by atoms with Crippen LogP contribution in [0, 0.1) is 35.5 Å². The van der Waals surface area contributed by atoms with Crippen molar-refractivity contribution < 1.29 is 63.0 Å². The maximum atomic E-state index is 14.6. The first-order valence-corrected chi connectivity index (χ1v) is 30.3. The predicted octanol–water partition coefficient (Wildman–Crippen LogP) is 0.180. The Morgan fingerprint density at radius 2 is 1.15 bits per heavy atom. The van der Waals surface area contributed by atoms with Gasteiger partial charge in [-0.15, -0.1) is 0 Å². The van der Waals surface area contributed by atoms with E-state index < -0.39 is 151 Å². The molecule has 0 radical (unpaired) electrons. The zero-order chi connectivity index (χ0) is 62.9. The van der Waals surface area contributed by atoms with E-state index in [-0.39, 0.29) is 115 Å². The summed E-state index contributed by atoms with van der Waals surface area (Å²) in [5, 5.41) is 40.1. The number of aliphatic hydroxyl groups excluding tert-OH is 2. The van der Waals surface area contributed by atoms with Crippen LogP contribution in [-0.4, -0.2) is 156 Å². The van der Waals surface area contributed by atoms with Gasteiger partial charge in [-0.2, -0.15) is 0 Å². The van der Waals surface area contributed by atoms with Gasteiger partial charge < -0.3 is 70.4 Å². The topological polar surface area (TPSA) is 417 Å². The van der Waals surface area contributed by atoms with Crippen LogP contribution >= 0.6 is 0 Å². The van der Waals surface area contributed by atoms with E-state index in [2.05, 4.69) is 44.1 Å². The van der Waals surface area contributed by atoms with Crippen LogP contribution in [0.3, 0.4) is 0 Å². The average molecular weight is 1180 g/mol. The minimum atomic E-state index is -1.59. The second kappa shape index (κ2) is 40.3. The van der Waals surface area contributed by atoms with E-state index >= 15 is 0 Å². The van der Waals surface area contributed by atoms with Gasteiger partial charge in [-0.05, 0) is 108 Å². The molecule has 1 heterocycles. The molecule has 17 N–H and O–H groups in total. The molecule has 0 saturated carbocycles. The maximum Gasteiger partial charge on any atom is 0.243 e. The third kappa shape index (κ3) is 27.3. The van der Waals surface area contributed by atoms with E-state index in [1.807, 2.05) is 27.7 Å². The molecular formula is C60H101N11O13. The first-order valence-electron chi connectivity index (χ1n) is 30.3. The summed E-state index contributed by atoms with van der Waals surface area (Å²) in [6.45, 7) is 9.22. The molecule has 1 aromatic rings. The van der Waals surface area contributed by atoms with E-state index in [9.17, 15) is 63.0 Å². The molecule has 0 unspecified atom stereocenters. The Morgan fingerprint density at radius 3 is 1.69 bits per heavy atom. The van der Waals surface area contributed by atoms with Crippen molar-refractivity contribution >= 4 is 64.5 Å². The Balaban J connectivity index is 2.67. The second-order valence-corrected chi connectivity index (χ2v) is 23.3. The molecule has 24 nitrogen and oxygen atoms in total. The average Bonchev–Trinajstić information content (AvgIpc) is 3.59. The third-order valence-corrected chi connectivity index (χ3v) is 14.9. The zero-order valence-corrected chi connectivity index (χ0v) is 50.6. The monoisotopic (exact) mass is 1180 g/mol. The Hall–Kier alpha value is -6.05. The van der Waals surface area contributed by atoms with Crippen LogP contribution in [0.2, 0.25) is 0 Å². The lowest BCUT2D eigenvalue weighted by Crippen LogP contribution is -2.55. The molecule has 11 atom stereocenters. The molecule has 0 aromatic heterocycles. The molecule has 7 amide bonds. The molecule has 1 aliphatic heterocycles. The lowest BCUT2D eigenvalue weighted by atomic mass is 9.89. The molecule has 0 aliphatic carbocycles. The number of hydrogen-bond donors (Lipinski definition) is 13. The molecule has 474 valence electrons. The van der Waals surface area contributed by atoms with Gasteiger partial charge in [0, 0.05) is 56.4 Å². The van der Waals surface area contributed by atoms with Crippen LogP contribution in [0.25, 0.3) is 0 Å². The van der Waals surface area contributed by atoms with Crippen LogP contribution < -0.4 is 60.2 Å². The summed E-state index contributed by atoms with van der Waals surface area (Å²) in [6, 6.07) is 0.694. The minimum Gasteiger partial charge on any atom is -0.396 e. The molecule has 24 heteroatoms. The third-order valence-electron chi connectivity index (χ3n) is 14.9. The number of Topliss-reactive ketones (excluding diaryl/α,β-unsaturated/α-hetero) is 4. The lowest BCUT2D eigenvalue weighted by molar-refractivity contribution is -0.137. The SMILES string of the molecule is CCCCCCCC(=O)C[C@@H](CCN)C(=O)N[C@H](C(=O)C[C@@H](CO)C(=O)N[C@H]1CCNC(=O)[C@H](CC(C)C)NC(=O)[C@H](CCN)CC(=O)[C@H](CCN)NC(=O)[C@H](CC(C)C)NC(=O)[C@@H](Cc2ccccc2)CC(=O)[C@H](CCN)NC1=O)[C@@H](C)O. The minimum absolute atomic E-state index is 0.00833. The number of unbranched alkanes of at least 4 members (excludes halogenated alkanes) is 4.